The lowest BCUT2D eigenvalue weighted by Gasteiger charge is -2.23. The third-order valence-corrected chi connectivity index (χ3v) is 7.32. The Morgan fingerprint density at radius 3 is 2.31 bits per heavy atom. The maximum atomic E-state index is 13.1. The Morgan fingerprint density at radius 1 is 1.00 bits per heavy atom. The van der Waals surface area contributed by atoms with E-state index in [1.54, 1.807) is 0 Å². The molecule has 0 fully saturated rings. The number of nitrogens with one attached hydrogen (secondary N) is 1. The van der Waals surface area contributed by atoms with E-state index in [1.165, 1.54) is 41.6 Å². The Labute approximate surface area is 213 Å². The molecule has 0 spiro atoms. The fourth-order valence-corrected chi connectivity index (χ4v) is 5.23. The molecule has 5 rings (SSSR count). The molecule has 6 nitrogen and oxygen atoms in total. The molecule has 0 aromatic heterocycles. The van der Waals surface area contributed by atoms with Crippen molar-refractivity contribution in [2.75, 3.05) is 5.32 Å². The van der Waals surface area contributed by atoms with E-state index in [0.717, 1.165) is 22.4 Å². The normalized spacial score (nSPS) is 19.3. The van der Waals surface area contributed by atoms with Crippen molar-refractivity contribution < 1.29 is 14.0 Å². The van der Waals surface area contributed by atoms with Crippen molar-refractivity contribution in [3.8, 4) is 0 Å². The second-order valence-electron chi connectivity index (χ2n) is 8.99. The molecule has 2 aliphatic rings. The van der Waals surface area contributed by atoms with Crippen molar-refractivity contribution in [3.63, 3.8) is 0 Å². The number of anilines is 1. The number of hydrogen-bond acceptors (Lipinski definition) is 5. The van der Waals surface area contributed by atoms with Gasteiger partial charge in [0.25, 0.3) is 5.91 Å². The molecule has 2 atom stereocenters. The lowest BCUT2D eigenvalue weighted by molar-refractivity contribution is -0.121. The SMILES string of the molecule is Cc1ccc(C2=NN(C3=NC(=O)[C@H](CC(=O)Nc4ccc(F)cc4)S3)[C@H](c3ccc(C)cc3)C2)cc1. The number of amidine groups is 1. The highest BCUT2D eigenvalue weighted by molar-refractivity contribution is 8.15. The predicted octanol–water partition coefficient (Wildman–Crippen LogP) is 5.62. The Morgan fingerprint density at radius 2 is 1.64 bits per heavy atom. The van der Waals surface area contributed by atoms with Crippen LogP contribution in [0, 0.1) is 19.7 Å². The van der Waals surface area contributed by atoms with Crippen molar-refractivity contribution in [2.24, 2.45) is 10.1 Å². The van der Waals surface area contributed by atoms with Crippen LogP contribution in [-0.4, -0.2) is 33.0 Å². The van der Waals surface area contributed by atoms with Gasteiger partial charge in [0, 0.05) is 18.5 Å². The summed E-state index contributed by atoms with van der Waals surface area (Å²) in [5.41, 5.74) is 5.86. The average Bonchev–Trinajstić information content (AvgIpc) is 3.45. The quantitative estimate of drug-likeness (QED) is 0.493. The Balaban J connectivity index is 1.35. The van der Waals surface area contributed by atoms with Crippen molar-refractivity contribution in [3.05, 3.63) is 101 Å². The van der Waals surface area contributed by atoms with Gasteiger partial charge in [-0.2, -0.15) is 10.1 Å². The molecule has 8 heteroatoms. The molecular weight excluding hydrogens is 475 g/mol. The lowest BCUT2D eigenvalue weighted by Crippen LogP contribution is -2.25. The first-order valence-corrected chi connectivity index (χ1v) is 12.6. The number of benzene rings is 3. The standard InChI is InChI=1S/C28H25FN4O2S/c1-17-3-7-19(8-4-17)23-15-24(20-9-5-18(2)6-10-20)33(32-23)28-31-27(35)25(36-28)16-26(34)30-22-13-11-21(29)12-14-22/h3-14,24-25H,15-16H2,1-2H3,(H,30,34)/t24-,25-/m0/s1. The van der Waals surface area contributed by atoms with E-state index >= 15 is 0 Å². The molecule has 0 saturated heterocycles. The number of aliphatic imine (C=N–C) groups is 1. The van der Waals surface area contributed by atoms with Gasteiger partial charge < -0.3 is 5.32 Å². The smallest absolute Gasteiger partial charge is 0.262 e. The minimum absolute atomic E-state index is 0.0363. The molecule has 3 aromatic rings. The molecule has 2 amide bonds. The molecule has 2 heterocycles. The van der Waals surface area contributed by atoms with Crippen LogP contribution in [0.2, 0.25) is 0 Å². The Bertz CT molecular complexity index is 1350. The maximum Gasteiger partial charge on any atom is 0.262 e. The third kappa shape index (κ3) is 5.23. The van der Waals surface area contributed by atoms with Crippen LogP contribution in [0.3, 0.4) is 0 Å². The van der Waals surface area contributed by atoms with E-state index in [4.69, 9.17) is 5.10 Å². The molecule has 1 N–H and O–H groups in total. The number of carbonyl (C=O) groups excluding carboxylic acids is 2. The average molecular weight is 501 g/mol. The van der Waals surface area contributed by atoms with E-state index in [9.17, 15) is 14.0 Å². The molecule has 0 aliphatic carbocycles. The number of halogens is 1. The van der Waals surface area contributed by atoms with Gasteiger partial charge in [0.15, 0.2) is 5.17 Å². The largest absolute Gasteiger partial charge is 0.326 e. The highest BCUT2D eigenvalue weighted by Crippen LogP contribution is 2.38. The number of thioether (sulfide) groups is 1. The predicted molar refractivity (Wildman–Crippen MR) is 142 cm³/mol. The van der Waals surface area contributed by atoms with Gasteiger partial charge in [0.05, 0.1) is 11.8 Å². The number of rotatable bonds is 5. The summed E-state index contributed by atoms with van der Waals surface area (Å²) in [5.74, 6) is -1.07. The molecule has 182 valence electrons. The number of aryl methyl sites for hydroxylation is 2. The van der Waals surface area contributed by atoms with Crippen LogP contribution in [0.15, 0.2) is 82.9 Å². The number of hydrogen-bond donors (Lipinski definition) is 1. The van der Waals surface area contributed by atoms with Gasteiger partial charge in [-0.1, -0.05) is 71.4 Å². The van der Waals surface area contributed by atoms with Crippen LogP contribution in [0.5, 0.6) is 0 Å². The third-order valence-electron chi connectivity index (χ3n) is 6.18. The Hall–Kier alpha value is -3.78. The lowest BCUT2D eigenvalue weighted by atomic mass is 9.97. The second kappa shape index (κ2) is 10.1. The van der Waals surface area contributed by atoms with Gasteiger partial charge in [0.2, 0.25) is 5.91 Å². The van der Waals surface area contributed by atoms with Crippen LogP contribution in [0.1, 0.15) is 41.1 Å². The highest BCUT2D eigenvalue weighted by atomic mass is 32.2. The summed E-state index contributed by atoms with van der Waals surface area (Å²) < 4.78 is 13.1. The van der Waals surface area contributed by atoms with E-state index in [2.05, 4.69) is 58.8 Å². The molecule has 2 aliphatic heterocycles. The zero-order valence-corrected chi connectivity index (χ0v) is 20.8. The van der Waals surface area contributed by atoms with Gasteiger partial charge in [-0.25, -0.2) is 9.40 Å². The van der Waals surface area contributed by atoms with E-state index in [0.29, 0.717) is 17.3 Å². The number of carbonyl (C=O) groups is 2. The molecule has 0 saturated carbocycles. The van der Waals surface area contributed by atoms with Gasteiger partial charge >= 0.3 is 0 Å². The number of amides is 2. The van der Waals surface area contributed by atoms with Crippen LogP contribution >= 0.6 is 11.8 Å². The summed E-state index contributed by atoms with van der Waals surface area (Å²) in [6, 6.07) is 21.9. The summed E-state index contributed by atoms with van der Waals surface area (Å²) in [4.78, 5) is 29.6. The zero-order valence-electron chi connectivity index (χ0n) is 19.9. The fraction of sp³-hybridized carbons (Fsp3) is 0.214. The summed E-state index contributed by atoms with van der Waals surface area (Å²) in [6.07, 6.45) is 0.640. The van der Waals surface area contributed by atoms with Crippen LogP contribution < -0.4 is 5.32 Å². The highest BCUT2D eigenvalue weighted by Gasteiger charge is 2.39. The molecule has 3 aromatic carbocycles. The first kappa shape index (κ1) is 23.9. The van der Waals surface area contributed by atoms with Gasteiger partial charge in [-0.15, -0.1) is 0 Å². The summed E-state index contributed by atoms with van der Waals surface area (Å²) >= 11 is 1.26. The van der Waals surface area contributed by atoms with Crippen LogP contribution in [0.25, 0.3) is 0 Å². The molecule has 36 heavy (non-hydrogen) atoms. The topological polar surface area (TPSA) is 74.1 Å². The minimum atomic E-state index is -0.641. The van der Waals surface area contributed by atoms with Gasteiger partial charge in [-0.05, 0) is 49.2 Å². The van der Waals surface area contributed by atoms with Crippen LogP contribution in [0.4, 0.5) is 10.1 Å². The number of hydrazone groups is 1. The summed E-state index contributed by atoms with van der Waals surface area (Å²) in [5, 5.41) is 9.27. The van der Waals surface area contributed by atoms with Crippen molar-refractivity contribution in [2.45, 2.75) is 38.0 Å². The minimum Gasteiger partial charge on any atom is -0.326 e. The number of nitrogens with zero attached hydrogens (tertiary/aromatic N) is 3. The Kier molecular flexibility index (Phi) is 6.69. The fourth-order valence-electron chi connectivity index (χ4n) is 4.17. The summed E-state index contributed by atoms with van der Waals surface area (Å²) in [6.45, 7) is 4.09. The van der Waals surface area contributed by atoms with Gasteiger partial charge in [-0.3, -0.25) is 9.59 Å². The monoisotopic (exact) mass is 500 g/mol. The van der Waals surface area contributed by atoms with E-state index in [1.807, 2.05) is 18.9 Å². The zero-order chi connectivity index (χ0) is 25.2. The second-order valence-corrected chi connectivity index (χ2v) is 10.2. The molecular formula is C28H25FN4O2S. The first-order chi connectivity index (χ1) is 17.4. The summed E-state index contributed by atoms with van der Waals surface area (Å²) in [7, 11) is 0. The van der Waals surface area contributed by atoms with Crippen molar-refractivity contribution in [1.29, 1.82) is 0 Å². The maximum absolute atomic E-state index is 13.1. The first-order valence-electron chi connectivity index (χ1n) is 11.7. The van der Waals surface area contributed by atoms with Gasteiger partial charge in [0.1, 0.15) is 11.1 Å². The van der Waals surface area contributed by atoms with Crippen molar-refractivity contribution in [1.82, 2.24) is 5.01 Å². The van der Waals surface area contributed by atoms with E-state index in [-0.39, 0.29) is 30.1 Å². The van der Waals surface area contributed by atoms with Crippen LogP contribution in [-0.2, 0) is 9.59 Å². The van der Waals surface area contributed by atoms with Crippen molar-refractivity contribution >= 4 is 40.1 Å². The molecule has 0 unspecified atom stereocenters. The van der Waals surface area contributed by atoms with E-state index < -0.39 is 5.25 Å². The molecule has 0 bridgehead atoms. The molecule has 0 radical (unpaired) electrons.